The second kappa shape index (κ2) is 11.0. The van der Waals surface area contributed by atoms with E-state index in [1.807, 2.05) is 18.2 Å². The largest absolute Gasteiger partial charge is 0.389 e. The topological polar surface area (TPSA) is 38.0 Å². The van der Waals surface area contributed by atoms with Crippen LogP contribution < -0.4 is 11.1 Å². The average Bonchev–Trinajstić information content (AvgIpc) is 2.46. The molecule has 0 bridgehead atoms. The van der Waals surface area contributed by atoms with Gasteiger partial charge < -0.3 is 11.1 Å². The highest BCUT2D eigenvalue weighted by atomic mass is 79.9. The summed E-state index contributed by atoms with van der Waals surface area (Å²) in [4.78, 5) is 0.435. The molecular weight excluding hydrogens is 344 g/mol. The van der Waals surface area contributed by atoms with E-state index in [1.165, 1.54) is 51.4 Å². The van der Waals surface area contributed by atoms with Crippen LogP contribution in [-0.4, -0.2) is 11.5 Å². The molecule has 2 nitrogen and oxygen atoms in total. The molecule has 0 aliphatic rings. The van der Waals surface area contributed by atoms with Gasteiger partial charge in [-0.2, -0.15) is 0 Å². The second-order valence-electron chi connectivity index (χ2n) is 5.46. The number of unbranched alkanes of at least 4 members (excludes halogenated alkanes) is 7. The smallest absolute Gasteiger partial charge is 0.104 e. The van der Waals surface area contributed by atoms with E-state index in [1.54, 1.807) is 0 Å². The molecule has 0 spiro atoms. The minimum Gasteiger partial charge on any atom is -0.389 e. The molecule has 118 valence electrons. The number of nitrogens with two attached hydrogens (primary N) is 1. The summed E-state index contributed by atoms with van der Waals surface area (Å²) in [6.07, 6.45) is 10.8. The zero-order valence-corrected chi connectivity index (χ0v) is 15.4. The lowest BCUT2D eigenvalue weighted by atomic mass is 10.1. The predicted octanol–water partition coefficient (Wildman–Crippen LogP) is 5.64. The Labute approximate surface area is 143 Å². The molecule has 0 unspecified atom stereocenters. The van der Waals surface area contributed by atoms with Crippen LogP contribution in [0.1, 0.15) is 63.9 Å². The number of rotatable bonds is 11. The first-order chi connectivity index (χ1) is 10.1. The van der Waals surface area contributed by atoms with Gasteiger partial charge in [-0.25, -0.2) is 0 Å². The minimum atomic E-state index is 0.435. The summed E-state index contributed by atoms with van der Waals surface area (Å²) in [6, 6.07) is 5.96. The van der Waals surface area contributed by atoms with E-state index in [2.05, 4.69) is 28.2 Å². The number of thiocarbonyl (C=S) groups is 1. The number of halogens is 1. The van der Waals surface area contributed by atoms with Crippen molar-refractivity contribution in [2.45, 2.75) is 58.3 Å². The van der Waals surface area contributed by atoms with Gasteiger partial charge in [0.25, 0.3) is 0 Å². The number of anilines is 1. The van der Waals surface area contributed by atoms with Crippen molar-refractivity contribution in [3.8, 4) is 0 Å². The van der Waals surface area contributed by atoms with Gasteiger partial charge in [0, 0.05) is 22.3 Å². The Morgan fingerprint density at radius 2 is 1.71 bits per heavy atom. The highest BCUT2D eigenvalue weighted by Gasteiger charge is 2.02. The Morgan fingerprint density at radius 3 is 2.29 bits per heavy atom. The Kier molecular flexibility index (Phi) is 9.68. The fraction of sp³-hybridized carbons (Fsp3) is 0.588. The van der Waals surface area contributed by atoms with Crippen LogP contribution in [0.3, 0.4) is 0 Å². The molecule has 4 heteroatoms. The van der Waals surface area contributed by atoms with E-state index >= 15 is 0 Å². The second-order valence-corrected chi connectivity index (χ2v) is 6.75. The van der Waals surface area contributed by atoms with Crippen LogP contribution in [0, 0.1) is 0 Å². The SMILES string of the molecule is CCCCCCCCCCNc1ccc(C(N)=S)cc1Br. The highest BCUT2D eigenvalue weighted by Crippen LogP contribution is 2.23. The van der Waals surface area contributed by atoms with Crippen LogP contribution in [-0.2, 0) is 0 Å². The van der Waals surface area contributed by atoms with Crippen molar-refractivity contribution in [2.75, 3.05) is 11.9 Å². The first kappa shape index (κ1) is 18.4. The van der Waals surface area contributed by atoms with Gasteiger partial charge in [-0.3, -0.25) is 0 Å². The van der Waals surface area contributed by atoms with Gasteiger partial charge in [-0.05, 0) is 40.5 Å². The summed E-state index contributed by atoms with van der Waals surface area (Å²) in [6.45, 7) is 3.28. The Hall–Kier alpha value is -0.610. The Morgan fingerprint density at radius 1 is 1.10 bits per heavy atom. The molecular formula is C17H27BrN2S. The molecule has 0 fully saturated rings. The van der Waals surface area contributed by atoms with Gasteiger partial charge in [0.2, 0.25) is 0 Å². The first-order valence-corrected chi connectivity index (χ1v) is 9.18. The molecule has 0 atom stereocenters. The molecule has 1 aromatic carbocycles. The van der Waals surface area contributed by atoms with E-state index in [9.17, 15) is 0 Å². The molecule has 0 radical (unpaired) electrons. The molecule has 0 saturated heterocycles. The summed E-state index contributed by atoms with van der Waals surface area (Å²) in [5.41, 5.74) is 7.63. The molecule has 0 aliphatic carbocycles. The zero-order valence-electron chi connectivity index (χ0n) is 13.0. The number of benzene rings is 1. The molecule has 3 N–H and O–H groups in total. The zero-order chi connectivity index (χ0) is 15.5. The molecule has 0 heterocycles. The third-order valence-electron chi connectivity index (χ3n) is 3.60. The maximum atomic E-state index is 5.62. The number of hydrogen-bond acceptors (Lipinski definition) is 2. The van der Waals surface area contributed by atoms with Crippen LogP contribution in [0.4, 0.5) is 5.69 Å². The van der Waals surface area contributed by atoms with E-state index < -0.39 is 0 Å². The Balaban J connectivity index is 2.14. The summed E-state index contributed by atoms with van der Waals surface area (Å²) in [5, 5.41) is 3.46. The van der Waals surface area contributed by atoms with Crippen molar-refractivity contribution in [1.29, 1.82) is 0 Å². The monoisotopic (exact) mass is 370 g/mol. The molecule has 0 saturated carbocycles. The van der Waals surface area contributed by atoms with Crippen molar-refractivity contribution in [3.63, 3.8) is 0 Å². The molecule has 1 aromatic rings. The number of hydrogen-bond donors (Lipinski definition) is 2. The quantitative estimate of drug-likeness (QED) is 0.391. The van der Waals surface area contributed by atoms with E-state index in [4.69, 9.17) is 18.0 Å². The predicted molar refractivity (Wildman–Crippen MR) is 101 cm³/mol. The van der Waals surface area contributed by atoms with Crippen molar-refractivity contribution in [3.05, 3.63) is 28.2 Å². The van der Waals surface area contributed by atoms with Crippen LogP contribution in [0.2, 0.25) is 0 Å². The van der Waals surface area contributed by atoms with E-state index in [-0.39, 0.29) is 0 Å². The lowest BCUT2D eigenvalue weighted by Crippen LogP contribution is -2.10. The van der Waals surface area contributed by atoms with Crippen LogP contribution in [0.15, 0.2) is 22.7 Å². The third kappa shape index (κ3) is 7.82. The number of nitrogens with one attached hydrogen (secondary N) is 1. The van der Waals surface area contributed by atoms with Crippen molar-refractivity contribution >= 4 is 38.8 Å². The molecule has 0 aromatic heterocycles. The van der Waals surface area contributed by atoms with Crippen molar-refractivity contribution in [2.24, 2.45) is 5.73 Å². The summed E-state index contributed by atoms with van der Waals surface area (Å²) in [7, 11) is 0. The van der Waals surface area contributed by atoms with Crippen molar-refractivity contribution < 1.29 is 0 Å². The van der Waals surface area contributed by atoms with Crippen LogP contribution in [0.5, 0.6) is 0 Å². The van der Waals surface area contributed by atoms with Gasteiger partial charge in [-0.1, -0.05) is 64.1 Å². The van der Waals surface area contributed by atoms with Crippen LogP contribution in [0.25, 0.3) is 0 Å². The van der Waals surface area contributed by atoms with Gasteiger partial charge in [-0.15, -0.1) is 0 Å². The molecule has 1 rings (SSSR count). The highest BCUT2D eigenvalue weighted by molar-refractivity contribution is 9.10. The van der Waals surface area contributed by atoms with E-state index in [0.29, 0.717) is 4.99 Å². The van der Waals surface area contributed by atoms with Gasteiger partial charge in [0.05, 0.1) is 0 Å². The normalized spacial score (nSPS) is 10.6. The summed E-state index contributed by atoms with van der Waals surface area (Å²) >= 11 is 8.53. The minimum absolute atomic E-state index is 0.435. The first-order valence-electron chi connectivity index (χ1n) is 7.98. The molecule has 21 heavy (non-hydrogen) atoms. The lowest BCUT2D eigenvalue weighted by Gasteiger charge is -2.10. The average molecular weight is 371 g/mol. The molecule has 0 aliphatic heterocycles. The molecule has 0 amide bonds. The maximum Gasteiger partial charge on any atom is 0.104 e. The lowest BCUT2D eigenvalue weighted by molar-refractivity contribution is 0.581. The van der Waals surface area contributed by atoms with Crippen molar-refractivity contribution in [1.82, 2.24) is 0 Å². The van der Waals surface area contributed by atoms with Crippen LogP contribution >= 0.6 is 28.1 Å². The third-order valence-corrected chi connectivity index (χ3v) is 4.49. The van der Waals surface area contributed by atoms with E-state index in [0.717, 1.165) is 22.3 Å². The maximum absolute atomic E-state index is 5.62. The fourth-order valence-corrected chi connectivity index (χ4v) is 2.94. The standard InChI is InChI=1S/C17H27BrN2S/c1-2-3-4-5-6-7-8-9-12-20-16-11-10-14(17(19)21)13-15(16)18/h10-11,13,20H,2-9,12H2,1H3,(H2,19,21). The summed E-state index contributed by atoms with van der Waals surface area (Å²) in [5.74, 6) is 0. The van der Waals surface area contributed by atoms with Gasteiger partial charge >= 0.3 is 0 Å². The fourth-order valence-electron chi connectivity index (χ4n) is 2.29. The van der Waals surface area contributed by atoms with Gasteiger partial charge in [0.1, 0.15) is 4.99 Å². The van der Waals surface area contributed by atoms with Gasteiger partial charge in [0.15, 0.2) is 0 Å². The Bertz CT molecular complexity index is 435. The summed E-state index contributed by atoms with van der Waals surface area (Å²) < 4.78 is 1.02.